The molecule has 0 saturated carbocycles. The number of alkyl halides is 1. The third-order valence-corrected chi connectivity index (χ3v) is 3.85. The van der Waals surface area contributed by atoms with E-state index in [-0.39, 0.29) is 0 Å². The third kappa shape index (κ3) is 1.50. The van der Waals surface area contributed by atoms with Crippen LogP contribution in [0.25, 0.3) is 22.3 Å². The molecule has 1 saturated heterocycles. The van der Waals surface area contributed by atoms with E-state index >= 15 is 0 Å². The van der Waals surface area contributed by atoms with E-state index < -0.39 is 12.2 Å². The van der Waals surface area contributed by atoms with Crippen molar-refractivity contribution in [2.75, 3.05) is 19.8 Å². The number of hydrogen-bond acceptors (Lipinski definition) is 4. The molecule has 0 unspecified atom stereocenters. The Labute approximate surface area is 114 Å². The minimum absolute atomic E-state index is 0.426. The van der Waals surface area contributed by atoms with Crippen LogP contribution in [0.1, 0.15) is 0 Å². The van der Waals surface area contributed by atoms with Gasteiger partial charge in [0.2, 0.25) is 0 Å². The van der Waals surface area contributed by atoms with Crippen molar-refractivity contribution in [3.05, 3.63) is 31.0 Å². The molecular weight excluding hydrogens is 259 g/mol. The van der Waals surface area contributed by atoms with E-state index in [4.69, 9.17) is 0 Å². The number of aromatic amines is 1. The van der Waals surface area contributed by atoms with Crippen molar-refractivity contribution in [3.63, 3.8) is 0 Å². The zero-order chi connectivity index (χ0) is 13.6. The highest BCUT2D eigenvalue weighted by Gasteiger charge is 2.40. The van der Waals surface area contributed by atoms with E-state index in [0.717, 1.165) is 22.3 Å². The lowest BCUT2D eigenvalue weighted by atomic mass is 9.94. The van der Waals surface area contributed by atoms with Gasteiger partial charge < -0.3 is 10.3 Å². The van der Waals surface area contributed by atoms with Crippen LogP contribution in [0.5, 0.6) is 0 Å². The Morgan fingerprint density at radius 2 is 2.25 bits per heavy atom. The summed E-state index contributed by atoms with van der Waals surface area (Å²) in [6, 6.07) is 1.93. The van der Waals surface area contributed by atoms with Crippen LogP contribution in [0.4, 0.5) is 4.39 Å². The molecular formula is C13H13FN6. The van der Waals surface area contributed by atoms with Crippen LogP contribution in [0, 0.1) is 0 Å². The van der Waals surface area contributed by atoms with E-state index in [1.165, 1.54) is 6.33 Å². The Morgan fingerprint density at radius 3 is 3.00 bits per heavy atom. The fraction of sp³-hybridized carbons (Fsp3) is 0.308. The highest BCUT2D eigenvalue weighted by Crippen LogP contribution is 2.28. The molecule has 0 aliphatic carbocycles. The number of nitrogens with zero attached hydrogens (tertiary/aromatic N) is 4. The molecule has 6 nitrogen and oxygen atoms in total. The summed E-state index contributed by atoms with van der Waals surface area (Å²) in [4.78, 5) is 11.5. The van der Waals surface area contributed by atoms with Crippen molar-refractivity contribution in [2.45, 2.75) is 5.54 Å². The van der Waals surface area contributed by atoms with Gasteiger partial charge in [-0.2, -0.15) is 5.10 Å². The molecule has 102 valence electrons. The van der Waals surface area contributed by atoms with Crippen molar-refractivity contribution in [2.24, 2.45) is 0 Å². The molecule has 0 spiro atoms. The minimum atomic E-state index is -0.539. The highest BCUT2D eigenvalue weighted by molar-refractivity contribution is 5.89. The Bertz CT molecular complexity index is 751. The van der Waals surface area contributed by atoms with Crippen LogP contribution in [0.15, 0.2) is 31.0 Å². The smallest absolute Gasteiger partial charge is 0.141 e. The summed E-state index contributed by atoms with van der Waals surface area (Å²) in [5, 5.41) is 8.35. The third-order valence-electron chi connectivity index (χ3n) is 3.85. The lowest BCUT2D eigenvalue weighted by molar-refractivity contribution is 0.113. The van der Waals surface area contributed by atoms with Crippen molar-refractivity contribution in [1.29, 1.82) is 0 Å². The van der Waals surface area contributed by atoms with Gasteiger partial charge in [0, 0.05) is 36.4 Å². The van der Waals surface area contributed by atoms with Crippen molar-refractivity contribution < 1.29 is 4.39 Å². The first-order chi connectivity index (χ1) is 9.82. The average Bonchev–Trinajstić information content (AvgIpc) is 3.06. The summed E-state index contributed by atoms with van der Waals surface area (Å²) >= 11 is 0. The maximum Gasteiger partial charge on any atom is 0.141 e. The Kier molecular flexibility index (Phi) is 2.37. The maximum atomic E-state index is 13.3. The van der Waals surface area contributed by atoms with Crippen LogP contribution < -0.4 is 5.32 Å². The van der Waals surface area contributed by atoms with Gasteiger partial charge in [0.25, 0.3) is 0 Å². The molecule has 4 rings (SSSR count). The molecule has 3 aromatic heterocycles. The van der Waals surface area contributed by atoms with E-state index in [9.17, 15) is 4.39 Å². The van der Waals surface area contributed by atoms with Crippen LogP contribution in [0.2, 0.25) is 0 Å². The molecule has 2 N–H and O–H groups in total. The average molecular weight is 272 g/mol. The molecule has 0 atom stereocenters. The van der Waals surface area contributed by atoms with Crippen LogP contribution in [-0.4, -0.2) is 44.5 Å². The predicted octanol–water partition coefficient (Wildman–Crippen LogP) is 1.09. The SMILES string of the molecule is FCC1(n2cc(-c3ncnc4[nH]ccc34)cn2)CNC1. The molecule has 1 fully saturated rings. The van der Waals surface area contributed by atoms with Gasteiger partial charge in [-0.05, 0) is 6.07 Å². The molecule has 20 heavy (non-hydrogen) atoms. The minimum Gasteiger partial charge on any atom is -0.346 e. The van der Waals surface area contributed by atoms with Gasteiger partial charge in [-0.3, -0.25) is 4.68 Å². The summed E-state index contributed by atoms with van der Waals surface area (Å²) < 4.78 is 15.0. The lowest BCUT2D eigenvalue weighted by Gasteiger charge is -2.40. The normalized spacial score (nSPS) is 17.2. The van der Waals surface area contributed by atoms with E-state index in [2.05, 4.69) is 25.4 Å². The maximum absolute atomic E-state index is 13.3. The standard InChI is InChI=1S/C13H13FN6/c14-5-13(6-15-7-13)20-4-9(3-19-20)11-10-1-2-16-12(10)18-8-17-11/h1-4,8,15H,5-7H2,(H,16,17,18). The number of halogens is 1. The van der Waals surface area contributed by atoms with Crippen LogP contribution in [0.3, 0.4) is 0 Å². The topological polar surface area (TPSA) is 71.4 Å². The number of H-pyrrole nitrogens is 1. The van der Waals surface area contributed by atoms with Gasteiger partial charge >= 0.3 is 0 Å². The molecule has 0 radical (unpaired) electrons. The van der Waals surface area contributed by atoms with Gasteiger partial charge in [0.15, 0.2) is 0 Å². The van der Waals surface area contributed by atoms with E-state index in [1.807, 2.05) is 18.5 Å². The van der Waals surface area contributed by atoms with E-state index in [0.29, 0.717) is 13.1 Å². The molecule has 0 bridgehead atoms. The van der Waals surface area contributed by atoms with Crippen molar-refractivity contribution >= 4 is 11.0 Å². The van der Waals surface area contributed by atoms with E-state index in [1.54, 1.807) is 10.9 Å². The molecule has 0 aromatic carbocycles. The van der Waals surface area contributed by atoms with Gasteiger partial charge in [0.1, 0.15) is 24.2 Å². The van der Waals surface area contributed by atoms with Crippen LogP contribution in [-0.2, 0) is 5.54 Å². The predicted molar refractivity (Wildman–Crippen MR) is 71.9 cm³/mol. The van der Waals surface area contributed by atoms with Crippen molar-refractivity contribution in [3.8, 4) is 11.3 Å². The fourth-order valence-corrected chi connectivity index (χ4v) is 2.54. The second-order valence-electron chi connectivity index (χ2n) is 5.10. The summed E-state index contributed by atoms with van der Waals surface area (Å²) in [7, 11) is 0. The molecule has 3 aromatic rings. The second kappa shape index (κ2) is 4.11. The number of fused-ring (bicyclic) bond motifs is 1. The number of nitrogens with one attached hydrogen (secondary N) is 2. The summed E-state index contributed by atoms with van der Waals surface area (Å²) in [5.41, 5.74) is 1.93. The molecule has 0 amide bonds. The Hall–Kier alpha value is -2.28. The first-order valence-electron chi connectivity index (χ1n) is 6.43. The Morgan fingerprint density at radius 1 is 1.35 bits per heavy atom. The fourth-order valence-electron chi connectivity index (χ4n) is 2.54. The molecule has 1 aliphatic rings. The largest absolute Gasteiger partial charge is 0.346 e. The van der Waals surface area contributed by atoms with Gasteiger partial charge in [-0.1, -0.05) is 0 Å². The van der Waals surface area contributed by atoms with Gasteiger partial charge in [-0.25, -0.2) is 14.4 Å². The number of rotatable bonds is 3. The zero-order valence-corrected chi connectivity index (χ0v) is 10.7. The zero-order valence-electron chi connectivity index (χ0n) is 10.7. The first-order valence-corrected chi connectivity index (χ1v) is 6.43. The molecule has 7 heteroatoms. The molecule has 4 heterocycles. The monoisotopic (exact) mass is 272 g/mol. The first kappa shape index (κ1) is 11.5. The van der Waals surface area contributed by atoms with Gasteiger partial charge in [-0.15, -0.1) is 0 Å². The summed E-state index contributed by atoms with van der Waals surface area (Å²) in [6.07, 6.45) is 6.92. The molecule has 1 aliphatic heterocycles. The second-order valence-corrected chi connectivity index (χ2v) is 5.10. The Balaban J connectivity index is 1.80. The van der Waals surface area contributed by atoms with Gasteiger partial charge in [0.05, 0.1) is 11.9 Å². The number of aromatic nitrogens is 5. The van der Waals surface area contributed by atoms with Crippen molar-refractivity contribution in [1.82, 2.24) is 30.0 Å². The number of hydrogen-bond donors (Lipinski definition) is 2. The summed E-state index contributed by atoms with van der Waals surface area (Å²) in [5.74, 6) is 0. The summed E-state index contributed by atoms with van der Waals surface area (Å²) in [6.45, 7) is 0.784. The van der Waals surface area contributed by atoms with Crippen LogP contribution >= 0.6 is 0 Å². The lowest BCUT2D eigenvalue weighted by Crippen LogP contribution is -2.62. The quantitative estimate of drug-likeness (QED) is 0.748. The highest BCUT2D eigenvalue weighted by atomic mass is 19.1.